The number of halogens is 5. The second kappa shape index (κ2) is 13.6. The molecule has 51 heavy (non-hydrogen) atoms. The molecule has 0 bridgehead atoms. The molecule has 1 saturated heterocycles. The average Bonchev–Trinajstić information content (AvgIpc) is 3.62. The smallest absolute Gasteiger partial charge is 0.417 e. The molecule has 2 unspecified atom stereocenters. The summed E-state index contributed by atoms with van der Waals surface area (Å²) in [5.41, 5.74) is -1.72. The molecule has 9 nitrogen and oxygen atoms in total. The molecule has 1 aliphatic heterocycles. The number of hydrogen-bond acceptors (Lipinski definition) is 9. The summed E-state index contributed by atoms with van der Waals surface area (Å²) in [6.07, 6.45) is -7.20. The van der Waals surface area contributed by atoms with Gasteiger partial charge in [-0.1, -0.05) is 36.4 Å². The number of thiophene rings is 1. The van der Waals surface area contributed by atoms with Crippen LogP contribution in [0.3, 0.4) is 0 Å². The number of anilines is 2. The number of amides is 1. The number of alkyl halides is 4. The molecule has 266 valence electrons. The van der Waals surface area contributed by atoms with Crippen LogP contribution in [0.1, 0.15) is 37.5 Å². The van der Waals surface area contributed by atoms with Crippen LogP contribution in [0.4, 0.5) is 37.6 Å². The Morgan fingerprint density at radius 2 is 1.82 bits per heavy atom. The number of aromatic nitrogens is 2. The number of likely N-dealkylation sites (tertiary alicyclic amines) is 1. The first-order valence-corrected chi connectivity index (χ1v) is 16.6. The minimum Gasteiger partial charge on any atom is -0.467 e. The number of ether oxygens (including phenoxy) is 2. The van der Waals surface area contributed by atoms with Crippen LogP contribution < -0.4 is 15.0 Å². The molecule has 3 heterocycles. The molecule has 6 rings (SSSR count). The van der Waals surface area contributed by atoms with Crippen LogP contribution in [-0.2, 0) is 17.5 Å². The largest absolute Gasteiger partial charge is 0.467 e. The molecular weight excluding hydrogens is 691 g/mol. The molecule has 1 fully saturated rings. The van der Waals surface area contributed by atoms with E-state index < -0.39 is 47.0 Å². The van der Waals surface area contributed by atoms with Gasteiger partial charge in [-0.15, -0.1) is 11.3 Å². The standard InChI is InChI=1S/C36H33F5N6O3S/c1-35(2,3)50-34(48)45-32-23(15-42)29-20(11-12-25(37)30(29)51-32)21-14-27-22(13-24(21)36(39,40)41)31(44-33(43-27)49-5)46(4)28-18-47(17-26(28)38)16-19-9-7-6-8-10-19/h6-14,26,28H,16-18H2,1-5H3,(H,45,48). The van der Waals surface area contributed by atoms with Crippen molar-refractivity contribution in [3.63, 3.8) is 0 Å². The Morgan fingerprint density at radius 1 is 1.10 bits per heavy atom. The third-order valence-electron chi connectivity index (χ3n) is 8.47. The van der Waals surface area contributed by atoms with Crippen LogP contribution in [0.15, 0.2) is 54.6 Å². The second-order valence-corrected chi connectivity index (χ2v) is 14.2. The number of carbonyl (C=O) groups excluding carboxylic acids is 1. The molecule has 0 radical (unpaired) electrons. The summed E-state index contributed by atoms with van der Waals surface area (Å²) in [5.74, 6) is -0.766. The number of benzene rings is 3. The first kappa shape index (κ1) is 35.7. The lowest BCUT2D eigenvalue weighted by molar-refractivity contribution is -0.137. The van der Waals surface area contributed by atoms with Crippen molar-refractivity contribution in [2.24, 2.45) is 0 Å². The van der Waals surface area contributed by atoms with Gasteiger partial charge in [0.25, 0.3) is 0 Å². The first-order chi connectivity index (χ1) is 24.1. The number of nitrogens with one attached hydrogen (secondary N) is 1. The van der Waals surface area contributed by atoms with Crippen molar-refractivity contribution in [1.82, 2.24) is 14.9 Å². The Kier molecular flexibility index (Phi) is 9.51. The molecule has 1 N–H and O–H groups in total. The van der Waals surface area contributed by atoms with Crippen LogP contribution in [-0.4, -0.2) is 66.0 Å². The topological polar surface area (TPSA) is 104 Å². The van der Waals surface area contributed by atoms with Gasteiger partial charge in [0.15, 0.2) is 0 Å². The molecule has 1 aliphatic rings. The van der Waals surface area contributed by atoms with Gasteiger partial charge in [0.2, 0.25) is 0 Å². The van der Waals surface area contributed by atoms with E-state index in [9.17, 15) is 10.1 Å². The quantitative estimate of drug-likeness (QED) is 0.167. The number of rotatable bonds is 7. The molecule has 0 aliphatic carbocycles. The van der Waals surface area contributed by atoms with Gasteiger partial charge in [0.1, 0.15) is 34.5 Å². The van der Waals surface area contributed by atoms with E-state index in [1.54, 1.807) is 27.8 Å². The van der Waals surface area contributed by atoms with E-state index in [-0.39, 0.29) is 62.0 Å². The van der Waals surface area contributed by atoms with E-state index >= 15 is 22.0 Å². The Bertz CT molecular complexity index is 2160. The van der Waals surface area contributed by atoms with Gasteiger partial charge < -0.3 is 14.4 Å². The zero-order chi connectivity index (χ0) is 36.8. The normalized spacial score (nSPS) is 16.7. The van der Waals surface area contributed by atoms with Crippen LogP contribution in [0.5, 0.6) is 6.01 Å². The van der Waals surface area contributed by atoms with E-state index in [0.29, 0.717) is 17.9 Å². The number of likely N-dealkylation sites (N-methyl/N-ethyl adjacent to an activating group) is 1. The Morgan fingerprint density at radius 3 is 2.47 bits per heavy atom. The molecule has 1 amide bonds. The van der Waals surface area contributed by atoms with Crippen molar-refractivity contribution in [3.05, 3.63) is 77.1 Å². The predicted octanol–water partition coefficient (Wildman–Crippen LogP) is 8.56. The predicted molar refractivity (Wildman–Crippen MR) is 185 cm³/mol. The minimum absolute atomic E-state index is 0.0143. The first-order valence-electron chi connectivity index (χ1n) is 15.8. The second-order valence-electron chi connectivity index (χ2n) is 13.2. The lowest BCUT2D eigenvalue weighted by Crippen LogP contribution is -2.40. The van der Waals surface area contributed by atoms with E-state index in [1.165, 1.54) is 18.1 Å². The van der Waals surface area contributed by atoms with Gasteiger partial charge >= 0.3 is 18.3 Å². The summed E-state index contributed by atoms with van der Waals surface area (Å²) in [5, 5.41) is 12.4. The monoisotopic (exact) mass is 724 g/mol. The molecular formula is C36H33F5N6O3S. The zero-order valence-electron chi connectivity index (χ0n) is 28.2. The number of carbonyl (C=O) groups is 1. The third-order valence-corrected chi connectivity index (χ3v) is 9.58. The highest BCUT2D eigenvalue weighted by atomic mass is 32.1. The fourth-order valence-corrected chi connectivity index (χ4v) is 7.33. The molecule has 0 spiro atoms. The van der Waals surface area contributed by atoms with Crippen LogP contribution in [0.2, 0.25) is 0 Å². The van der Waals surface area contributed by atoms with Gasteiger partial charge in [-0.2, -0.15) is 28.4 Å². The molecule has 3 aromatic carbocycles. The number of fused-ring (bicyclic) bond motifs is 2. The number of nitriles is 1. The summed E-state index contributed by atoms with van der Waals surface area (Å²) in [7, 11) is 2.87. The lowest BCUT2D eigenvalue weighted by Gasteiger charge is -2.28. The highest BCUT2D eigenvalue weighted by molar-refractivity contribution is 7.23. The molecule has 0 saturated carbocycles. The summed E-state index contributed by atoms with van der Waals surface area (Å²) < 4.78 is 86.3. The molecule has 2 atom stereocenters. The van der Waals surface area contributed by atoms with E-state index in [4.69, 9.17) is 9.47 Å². The summed E-state index contributed by atoms with van der Waals surface area (Å²) in [6.45, 7) is 5.79. The number of hydrogen-bond donors (Lipinski definition) is 1. The van der Waals surface area contributed by atoms with Gasteiger partial charge in [-0.25, -0.2) is 13.6 Å². The third kappa shape index (κ3) is 7.24. The summed E-state index contributed by atoms with van der Waals surface area (Å²) >= 11 is 0.700. The van der Waals surface area contributed by atoms with Crippen LogP contribution in [0.25, 0.3) is 32.1 Å². The minimum atomic E-state index is -4.94. The van der Waals surface area contributed by atoms with Gasteiger partial charge in [-0.3, -0.25) is 10.2 Å². The maximum absolute atomic E-state index is 15.6. The fourth-order valence-electron chi connectivity index (χ4n) is 6.26. The highest BCUT2D eigenvalue weighted by Crippen LogP contribution is 2.47. The summed E-state index contributed by atoms with van der Waals surface area (Å²) in [4.78, 5) is 24.7. The highest BCUT2D eigenvalue weighted by Gasteiger charge is 2.39. The Balaban J connectivity index is 1.48. The van der Waals surface area contributed by atoms with E-state index in [2.05, 4.69) is 15.3 Å². The number of nitrogens with zero attached hydrogens (tertiary/aromatic N) is 5. The van der Waals surface area contributed by atoms with Crippen molar-refractivity contribution in [2.75, 3.05) is 37.5 Å². The molecule has 2 aromatic heterocycles. The maximum Gasteiger partial charge on any atom is 0.417 e. The van der Waals surface area contributed by atoms with Crippen molar-refractivity contribution in [2.45, 2.75) is 51.3 Å². The van der Waals surface area contributed by atoms with Crippen molar-refractivity contribution >= 4 is 49.2 Å². The Hall–Kier alpha value is -5.07. The van der Waals surface area contributed by atoms with Crippen LogP contribution in [0, 0.1) is 17.1 Å². The average molecular weight is 725 g/mol. The summed E-state index contributed by atoms with van der Waals surface area (Å²) in [6, 6.07) is 14.8. The Labute approximate surface area is 294 Å². The van der Waals surface area contributed by atoms with Gasteiger partial charge in [0, 0.05) is 37.5 Å². The molecule has 15 heteroatoms. The van der Waals surface area contributed by atoms with E-state index in [0.717, 1.165) is 23.8 Å². The zero-order valence-corrected chi connectivity index (χ0v) is 29.0. The van der Waals surface area contributed by atoms with Gasteiger partial charge in [0.05, 0.1) is 34.5 Å². The number of methoxy groups -OCH3 is 1. The fraction of sp³-hybridized carbons (Fsp3) is 0.333. The molecule has 5 aromatic rings. The van der Waals surface area contributed by atoms with Crippen molar-refractivity contribution < 1.29 is 36.2 Å². The lowest BCUT2D eigenvalue weighted by atomic mass is 9.93. The maximum atomic E-state index is 15.6. The van der Waals surface area contributed by atoms with Gasteiger partial charge in [-0.05, 0) is 55.7 Å². The van der Waals surface area contributed by atoms with Crippen LogP contribution >= 0.6 is 11.3 Å². The van der Waals surface area contributed by atoms with Crippen molar-refractivity contribution in [1.29, 1.82) is 5.26 Å². The van der Waals surface area contributed by atoms with Crippen molar-refractivity contribution in [3.8, 4) is 23.2 Å². The SMILES string of the molecule is COc1nc(N(C)C2CN(Cc3ccccc3)CC2F)c2cc(C(F)(F)F)c(-c3ccc(F)c4sc(NC(=O)OC(C)(C)C)c(C#N)c34)cc2n1. The van der Waals surface area contributed by atoms with E-state index in [1.807, 2.05) is 41.3 Å².